The number of aliphatic hydroxyl groups excluding tert-OH is 1. The third-order valence-corrected chi connectivity index (χ3v) is 9.61. The molecule has 0 aromatic carbocycles. The lowest BCUT2D eigenvalue weighted by atomic mass is 9.45. The van der Waals surface area contributed by atoms with Crippen molar-refractivity contribution in [1.82, 2.24) is 10.4 Å². The average molecular weight is 410 g/mol. The van der Waals surface area contributed by atoms with Gasteiger partial charge in [-0.2, -0.15) is 5.10 Å². The number of aliphatic hydroxyl groups is 1. The van der Waals surface area contributed by atoms with E-state index >= 15 is 0 Å². The summed E-state index contributed by atoms with van der Waals surface area (Å²) in [6.07, 6.45) is 13.6. The van der Waals surface area contributed by atoms with E-state index in [1.54, 1.807) is 24.5 Å². The minimum Gasteiger partial charge on any atom is -0.393 e. The first-order valence-electron chi connectivity index (χ1n) is 11.9. The molecule has 2 N–H and O–H groups in total. The largest absolute Gasteiger partial charge is 0.393 e. The number of nitrogens with one attached hydrogen (secondary N) is 1. The highest BCUT2D eigenvalue weighted by Gasteiger charge is 2.59. The van der Waals surface area contributed by atoms with E-state index in [-0.39, 0.29) is 17.4 Å². The lowest BCUT2D eigenvalue weighted by Gasteiger charge is -2.60. The van der Waals surface area contributed by atoms with Gasteiger partial charge in [-0.1, -0.05) is 13.8 Å². The van der Waals surface area contributed by atoms with Crippen LogP contribution in [0.2, 0.25) is 0 Å². The summed E-state index contributed by atoms with van der Waals surface area (Å²) in [5.41, 5.74) is 5.13. The Labute approximate surface area is 179 Å². The molecule has 5 heteroatoms. The molecule has 0 saturated heterocycles. The van der Waals surface area contributed by atoms with Gasteiger partial charge in [-0.25, -0.2) is 5.43 Å². The molecule has 4 saturated carbocycles. The van der Waals surface area contributed by atoms with Crippen LogP contribution in [0.15, 0.2) is 29.6 Å². The van der Waals surface area contributed by atoms with Crippen LogP contribution in [-0.4, -0.2) is 27.8 Å². The van der Waals surface area contributed by atoms with Crippen LogP contribution in [0.1, 0.15) is 82.0 Å². The maximum absolute atomic E-state index is 12.5. The van der Waals surface area contributed by atoms with Gasteiger partial charge in [0.1, 0.15) is 0 Å². The summed E-state index contributed by atoms with van der Waals surface area (Å²) >= 11 is 0. The van der Waals surface area contributed by atoms with Gasteiger partial charge < -0.3 is 5.11 Å². The van der Waals surface area contributed by atoms with E-state index in [0.717, 1.165) is 31.1 Å². The number of carbonyl (C=O) groups is 1. The van der Waals surface area contributed by atoms with Gasteiger partial charge in [-0.05, 0) is 99.0 Å². The smallest absolute Gasteiger partial charge is 0.271 e. The Balaban J connectivity index is 1.33. The first kappa shape index (κ1) is 20.2. The third kappa shape index (κ3) is 3.12. The Morgan fingerprint density at radius 3 is 2.70 bits per heavy atom. The van der Waals surface area contributed by atoms with Crippen molar-refractivity contribution in [3.05, 3.63) is 30.1 Å². The van der Waals surface area contributed by atoms with Gasteiger partial charge >= 0.3 is 0 Å². The van der Waals surface area contributed by atoms with Crippen LogP contribution in [0, 0.1) is 34.5 Å². The highest BCUT2D eigenvalue weighted by Crippen LogP contribution is 2.65. The third-order valence-electron chi connectivity index (χ3n) is 9.61. The summed E-state index contributed by atoms with van der Waals surface area (Å²) in [5.74, 6) is 2.77. The number of amides is 1. The topological polar surface area (TPSA) is 74.6 Å². The number of rotatable bonds is 2. The van der Waals surface area contributed by atoms with Crippen LogP contribution in [0.5, 0.6) is 0 Å². The second kappa shape index (κ2) is 7.44. The van der Waals surface area contributed by atoms with Crippen LogP contribution in [0.3, 0.4) is 0 Å². The second-order valence-corrected chi connectivity index (χ2v) is 10.8. The molecule has 162 valence electrons. The van der Waals surface area contributed by atoms with Gasteiger partial charge in [0.2, 0.25) is 0 Å². The molecule has 5 rings (SSSR count). The highest BCUT2D eigenvalue weighted by atomic mass is 16.3. The summed E-state index contributed by atoms with van der Waals surface area (Å²) in [5, 5.41) is 14.9. The van der Waals surface area contributed by atoms with Crippen LogP contribution < -0.4 is 5.43 Å². The fraction of sp³-hybridized carbons (Fsp3) is 0.720. The number of hydrogen-bond acceptors (Lipinski definition) is 4. The first-order valence-corrected chi connectivity index (χ1v) is 11.9. The zero-order valence-electron chi connectivity index (χ0n) is 18.3. The maximum atomic E-state index is 12.5. The normalized spacial score (nSPS) is 44.1. The number of pyridine rings is 1. The van der Waals surface area contributed by atoms with E-state index in [9.17, 15) is 9.90 Å². The zero-order chi connectivity index (χ0) is 20.9. The fourth-order valence-corrected chi connectivity index (χ4v) is 7.89. The van der Waals surface area contributed by atoms with Crippen LogP contribution >= 0.6 is 0 Å². The van der Waals surface area contributed by atoms with Gasteiger partial charge in [0.15, 0.2) is 0 Å². The second-order valence-electron chi connectivity index (χ2n) is 10.8. The number of fused-ring (bicyclic) bond motifs is 5. The lowest BCUT2D eigenvalue weighted by molar-refractivity contribution is -0.113. The molecule has 5 nitrogen and oxygen atoms in total. The number of hydrazone groups is 1. The van der Waals surface area contributed by atoms with Gasteiger partial charge in [0.05, 0.1) is 6.10 Å². The average Bonchev–Trinajstić information content (AvgIpc) is 3.09. The molecular formula is C25H35N3O2. The number of carbonyl (C=O) groups excluding carboxylic acids is 1. The molecule has 1 heterocycles. The molecule has 7 atom stereocenters. The van der Waals surface area contributed by atoms with Gasteiger partial charge in [-0.15, -0.1) is 0 Å². The van der Waals surface area contributed by atoms with E-state index in [1.165, 1.54) is 44.2 Å². The standard InChI is InChI=1S/C25H35N3O2/c1-24-11-7-18(29)15-17(24)3-4-19-20-5-6-22(25(20,2)12-8-21(19)24)27-28-23(30)16-9-13-26-14-10-16/h9-10,13-14,17-21,29H,3-8,11-12,15H2,1-2H3,(H,28,30)/b27-22+/t17-,18-,19+,20+,21+,24-,25-/m0/s1. The van der Waals surface area contributed by atoms with Crippen LogP contribution in [-0.2, 0) is 0 Å². The van der Waals surface area contributed by atoms with Gasteiger partial charge in [0.25, 0.3) is 5.91 Å². The molecule has 1 aromatic rings. The molecular weight excluding hydrogens is 374 g/mol. The SMILES string of the molecule is C[C@]12CC[C@H](O)C[C@@H]1CC[C@H]1[C@H]2CC[C@]2(C)/C(=N/NC(=O)c3ccncc3)CC[C@H]12. The minimum atomic E-state index is -0.153. The van der Waals surface area contributed by atoms with E-state index in [2.05, 4.69) is 29.4 Å². The molecule has 1 aromatic heterocycles. The summed E-state index contributed by atoms with van der Waals surface area (Å²) in [4.78, 5) is 16.4. The Morgan fingerprint density at radius 1 is 1.10 bits per heavy atom. The summed E-state index contributed by atoms with van der Waals surface area (Å²) in [6, 6.07) is 3.44. The Bertz CT molecular complexity index is 840. The van der Waals surface area contributed by atoms with E-state index < -0.39 is 0 Å². The van der Waals surface area contributed by atoms with E-state index in [0.29, 0.717) is 22.8 Å². The molecule has 30 heavy (non-hydrogen) atoms. The predicted molar refractivity (Wildman–Crippen MR) is 117 cm³/mol. The van der Waals surface area contributed by atoms with Gasteiger partial charge in [0, 0.05) is 29.1 Å². The van der Waals surface area contributed by atoms with E-state index in [1.807, 2.05) is 0 Å². The molecule has 4 aliphatic carbocycles. The van der Waals surface area contributed by atoms with Crippen molar-refractivity contribution in [2.45, 2.75) is 77.7 Å². The Kier molecular flexibility index (Phi) is 5.00. The monoisotopic (exact) mass is 409 g/mol. The Hall–Kier alpha value is -1.75. The summed E-state index contributed by atoms with van der Waals surface area (Å²) in [6.45, 7) is 4.93. The molecule has 0 radical (unpaired) electrons. The van der Waals surface area contributed by atoms with Crippen LogP contribution in [0.25, 0.3) is 0 Å². The summed E-state index contributed by atoms with van der Waals surface area (Å²) < 4.78 is 0. The quantitative estimate of drug-likeness (QED) is 0.703. The Morgan fingerprint density at radius 2 is 1.90 bits per heavy atom. The van der Waals surface area contributed by atoms with Crippen molar-refractivity contribution in [1.29, 1.82) is 0 Å². The fourth-order valence-electron chi connectivity index (χ4n) is 7.89. The van der Waals surface area contributed by atoms with Crippen molar-refractivity contribution in [2.75, 3.05) is 0 Å². The van der Waals surface area contributed by atoms with Crippen molar-refractivity contribution >= 4 is 11.6 Å². The van der Waals surface area contributed by atoms with Crippen molar-refractivity contribution < 1.29 is 9.90 Å². The molecule has 0 aliphatic heterocycles. The summed E-state index contributed by atoms with van der Waals surface area (Å²) in [7, 11) is 0. The van der Waals surface area contributed by atoms with Gasteiger partial charge in [-0.3, -0.25) is 9.78 Å². The molecule has 4 fully saturated rings. The van der Waals surface area contributed by atoms with Crippen molar-refractivity contribution in [3.63, 3.8) is 0 Å². The molecule has 4 aliphatic rings. The van der Waals surface area contributed by atoms with E-state index in [4.69, 9.17) is 0 Å². The number of nitrogens with zero attached hydrogens (tertiary/aromatic N) is 2. The van der Waals surface area contributed by atoms with Crippen molar-refractivity contribution in [3.8, 4) is 0 Å². The molecule has 1 amide bonds. The number of hydrogen-bond donors (Lipinski definition) is 2. The zero-order valence-corrected chi connectivity index (χ0v) is 18.3. The lowest BCUT2D eigenvalue weighted by Crippen LogP contribution is -2.54. The highest BCUT2D eigenvalue weighted by molar-refractivity contribution is 5.97. The minimum absolute atomic E-state index is 0.0808. The van der Waals surface area contributed by atoms with Crippen molar-refractivity contribution in [2.24, 2.45) is 39.6 Å². The van der Waals surface area contributed by atoms with Crippen LogP contribution in [0.4, 0.5) is 0 Å². The number of aromatic nitrogens is 1. The molecule has 0 bridgehead atoms. The maximum Gasteiger partial charge on any atom is 0.271 e. The molecule has 0 spiro atoms. The first-order chi connectivity index (χ1) is 14.4. The predicted octanol–water partition coefficient (Wildman–Crippen LogP) is 4.57. The molecule has 0 unspecified atom stereocenters.